The molecule has 1 atom stereocenters. The van der Waals surface area contributed by atoms with Crippen molar-refractivity contribution in [3.05, 3.63) is 65.9 Å². The molecule has 1 unspecified atom stereocenters. The quantitative estimate of drug-likeness (QED) is 0.713. The van der Waals surface area contributed by atoms with Gasteiger partial charge in [-0.05, 0) is 32.3 Å². The van der Waals surface area contributed by atoms with Gasteiger partial charge in [0.05, 0.1) is 24.5 Å². The molecule has 1 aliphatic carbocycles. The molecule has 0 bridgehead atoms. The van der Waals surface area contributed by atoms with Gasteiger partial charge >= 0.3 is 0 Å². The minimum absolute atomic E-state index is 0.0181. The van der Waals surface area contributed by atoms with Crippen molar-refractivity contribution in [2.45, 2.75) is 20.3 Å². The normalized spacial score (nSPS) is 18.3. The summed E-state index contributed by atoms with van der Waals surface area (Å²) in [6.07, 6.45) is 11.1. The Bertz CT molecular complexity index is 979. The van der Waals surface area contributed by atoms with Crippen molar-refractivity contribution in [2.75, 3.05) is 44.3 Å². The molecule has 31 heavy (non-hydrogen) atoms. The third kappa shape index (κ3) is 5.02. The molecular formula is C25H30N4O2. The van der Waals surface area contributed by atoms with Gasteiger partial charge in [-0.3, -0.25) is 4.79 Å². The Morgan fingerprint density at radius 3 is 2.81 bits per heavy atom. The molecule has 6 heteroatoms. The molecule has 1 aromatic carbocycles. The van der Waals surface area contributed by atoms with Crippen LogP contribution in [0.2, 0.25) is 0 Å². The number of rotatable bonds is 6. The number of anilines is 1. The fourth-order valence-electron chi connectivity index (χ4n) is 4.03. The molecule has 1 aromatic heterocycles. The number of hydrogen-bond acceptors (Lipinski definition) is 5. The van der Waals surface area contributed by atoms with Crippen molar-refractivity contribution < 1.29 is 9.53 Å². The zero-order chi connectivity index (χ0) is 21.6. The van der Waals surface area contributed by atoms with E-state index in [0.717, 1.165) is 30.6 Å². The van der Waals surface area contributed by atoms with Gasteiger partial charge in [0.25, 0.3) is 5.91 Å². The second kappa shape index (κ2) is 9.88. The molecule has 0 radical (unpaired) electrons. The number of hydrogen-bond donors (Lipinski definition) is 0. The number of allylic oxidation sites excluding steroid dienone is 3. The maximum absolute atomic E-state index is 13.6. The zero-order valence-electron chi connectivity index (χ0n) is 18.3. The molecule has 1 amide bonds. The molecule has 1 aliphatic heterocycles. The van der Waals surface area contributed by atoms with E-state index in [9.17, 15) is 4.79 Å². The van der Waals surface area contributed by atoms with Gasteiger partial charge in [-0.1, -0.05) is 48.1 Å². The molecule has 0 spiro atoms. The molecule has 1 fully saturated rings. The van der Waals surface area contributed by atoms with Crippen LogP contribution in [0.3, 0.4) is 0 Å². The maximum atomic E-state index is 13.6. The second-order valence-electron chi connectivity index (χ2n) is 8.05. The van der Waals surface area contributed by atoms with E-state index in [1.54, 1.807) is 6.20 Å². The minimum Gasteiger partial charge on any atom is -0.378 e. The first-order valence-corrected chi connectivity index (χ1v) is 11.0. The number of benzene rings is 1. The number of amides is 1. The van der Waals surface area contributed by atoms with Crippen LogP contribution in [0.5, 0.6) is 0 Å². The molecule has 6 nitrogen and oxygen atoms in total. The van der Waals surface area contributed by atoms with Gasteiger partial charge in [-0.25, -0.2) is 9.97 Å². The summed E-state index contributed by atoms with van der Waals surface area (Å²) in [6.45, 7) is 8.24. The number of morpholine rings is 1. The van der Waals surface area contributed by atoms with E-state index < -0.39 is 0 Å². The summed E-state index contributed by atoms with van der Waals surface area (Å²) >= 11 is 0. The Hall–Kier alpha value is -2.99. The largest absolute Gasteiger partial charge is 0.378 e. The summed E-state index contributed by atoms with van der Waals surface area (Å²) in [7, 11) is 0. The van der Waals surface area contributed by atoms with E-state index in [0.29, 0.717) is 49.4 Å². The lowest BCUT2D eigenvalue weighted by atomic mass is 9.99. The SMILES string of the molecule is CCN(CC1C=CC=CC1)C(=O)c1cnc(N2CCOCC2)nc1-c1cccc(C)c1. The molecule has 1 saturated heterocycles. The molecule has 2 aliphatic rings. The minimum atomic E-state index is -0.0181. The topological polar surface area (TPSA) is 58.6 Å². The van der Waals surface area contributed by atoms with Crippen LogP contribution >= 0.6 is 0 Å². The average Bonchev–Trinajstić information content (AvgIpc) is 2.83. The van der Waals surface area contributed by atoms with Gasteiger partial charge in [0, 0.05) is 37.9 Å². The van der Waals surface area contributed by atoms with Crippen LogP contribution in [-0.4, -0.2) is 60.2 Å². The van der Waals surface area contributed by atoms with Crippen LogP contribution in [0.4, 0.5) is 5.95 Å². The van der Waals surface area contributed by atoms with Gasteiger partial charge in [-0.2, -0.15) is 0 Å². The predicted octanol–water partition coefficient (Wildman–Crippen LogP) is 3.88. The number of carbonyl (C=O) groups excluding carboxylic acids is 1. The molecular weight excluding hydrogens is 388 g/mol. The van der Waals surface area contributed by atoms with Crippen molar-refractivity contribution >= 4 is 11.9 Å². The fourth-order valence-corrected chi connectivity index (χ4v) is 4.03. The Kier molecular flexibility index (Phi) is 6.77. The number of nitrogens with zero attached hydrogens (tertiary/aromatic N) is 4. The standard InChI is InChI=1S/C25H30N4O2/c1-3-28(18-20-9-5-4-6-10-20)24(30)22-17-26-25(29-12-14-31-15-13-29)27-23(22)21-11-7-8-19(2)16-21/h4-9,11,16-17,20H,3,10,12-15,18H2,1-2H3. The summed E-state index contributed by atoms with van der Waals surface area (Å²) in [5, 5.41) is 0. The monoisotopic (exact) mass is 418 g/mol. The molecule has 4 rings (SSSR count). The Balaban J connectivity index is 1.68. The van der Waals surface area contributed by atoms with Crippen molar-refractivity contribution in [3.63, 3.8) is 0 Å². The molecule has 2 aromatic rings. The van der Waals surface area contributed by atoms with Crippen LogP contribution in [0.25, 0.3) is 11.3 Å². The van der Waals surface area contributed by atoms with Crippen LogP contribution in [-0.2, 0) is 4.74 Å². The van der Waals surface area contributed by atoms with Gasteiger partial charge in [0.15, 0.2) is 0 Å². The number of aromatic nitrogens is 2. The van der Waals surface area contributed by atoms with Gasteiger partial charge in [-0.15, -0.1) is 0 Å². The molecule has 0 N–H and O–H groups in total. The van der Waals surface area contributed by atoms with E-state index in [-0.39, 0.29) is 5.91 Å². The van der Waals surface area contributed by atoms with Crippen molar-refractivity contribution in [2.24, 2.45) is 5.92 Å². The number of carbonyl (C=O) groups is 1. The summed E-state index contributed by atoms with van der Waals surface area (Å²) in [6, 6.07) is 8.15. The van der Waals surface area contributed by atoms with E-state index in [2.05, 4.69) is 53.2 Å². The number of ether oxygens (including phenoxy) is 1. The first-order valence-electron chi connectivity index (χ1n) is 11.0. The highest BCUT2D eigenvalue weighted by molar-refractivity contribution is 6.00. The Labute approximate surface area is 184 Å². The lowest BCUT2D eigenvalue weighted by Gasteiger charge is -2.28. The number of aryl methyl sites for hydroxylation is 1. The highest BCUT2D eigenvalue weighted by atomic mass is 16.5. The van der Waals surface area contributed by atoms with E-state index in [4.69, 9.17) is 9.72 Å². The third-order valence-electron chi connectivity index (χ3n) is 5.79. The molecule has 162 valence electrons. The van der Waals surface area contributed by atoms with Crippen molar-refractivity contribution in [1.82, 2.24) is 14.9 Å². The predicted molar refractivity (Wildman–Crippen MR) is 123 cm³/mol. The summed E-state index contributed by atoms with van der Waals surface area (Å²) < 4.78 is 5.46. The Morgan fingerprint density at radius 1 is 1.26 bits per heavy atom. The molecule has 0 saturated carbocycles. The summed E-state index contributed by atoms with van der Waals surface area (Å²) in [5.41, 5.74) is 3.33. The smallest absolute Gasteiger partial charge is 0.257 e. The maximum Gasteiger partial charge on any atom is 0.257 e. The average molecular weight is 419 g/mol. The first kappa shape index (κ1) is 21.2. The fraction of sp³-hybridized carbons (Fsp3) is 0.400. The third-order valence-corrected chi connectivity index (χ3v) is 5.79. The van der Waals surface area contributed by atoms with Crippen molar-refractivity contribution in [3.8, 4) is 11.3 Å². The summed E-state index contributed by atoms with van der Waals surface area (Å²) in [4.78, 5) is 27.1. The van der Waals surface area contributed by atoms with Gasteiger partial charge in [0.2, 0.25) is 5.95 Å². The Morgan fingerprint density at radius 2 is 2.10 bits per heavy atom. The van der Waals surface area contributed by atoms with Gasteiger partial charge < -0.3 is 14.5 Å². The van der Waals surface area contributed by atoms with Gasteiger partial charge in [0.1, 0.15) is 0 Å². The lowest BCUT2D eigenvalue weighted by Crippen LogP contribution is -2.38. The second-order valence-corrected chi connectivity index (χ2v) is 8.05. The van der Waals surface area contributed by atoms with E-state index in [1.807, 2.05) is 24.0 Å². The van der Waals surface area contributed by atoms with E-state index >= 15 is 0 Å². The summed E-state index contributed by atoms with van der Waals surface area (Å²) in [5.74, 6) is 0.972. The zero-order valence-corrected chi connectivity index (χ0v) is 18.3. The lowest BCUT2D eigenvalue weighted by molar-refractivity contribution is 0.0748. The highest BCUT2D eigenvalue weighted by Gasteiger charge is 2.24. The van der Waals surface area contributed by atoms with Crippen LogP contribution < -0.4 is 4.90 Å². The van der Waals surface area contributed by atoms with Crippen LogP contribution in [0.1, 0.15) is 29.3 Å². The molecule has 2 heterocycles. The van der Waals surface area contributed by atoms with Crippen LogP contribution in [0.15, 0.2) is 54.8 Å². The first-order chi connectivity index (χ1) is 15.2. The van der Waals surface area contributed by atoms with Crippen LogP contribution in [0, 0.1) is 12.8 Å². The van der Waals surface area contributed by atoms with E-state index in [1.165, 1.54) is 0 Å². The highest BCUT2D eigenvalue weighted by Crippen LogP contribution is 2.26. The van der Waals surface area contributed by atoms with Crippen molar-refractivity contribution in [1.29, 1.82) is 0 Å².